The van der Waals surface area contributed by atoms with Gasteiger partial charge in [-0.15, -0.1) is 0 Å². The predicted octanol–water partition coefficient (Wildman–Crippen LogP) is 0.213. The minimum absolute atomic E-state index is 0.184. The van der Waals surface area contributed by atoms with Gasteiger partial charge >= 0.3 is 18.0 Å². The van der Waals surface area contributed by atoms with Crippen molar-refractivity contribution in [3.8, 4) is 0 Å². The van der Waals surface area contributed by atoms with Gasteiger partial charge in [-0.3, -0.25) is 9.59 Å². The van der Waals surface area contributed by atoms with Crippen LogP contribution in [-0.4, -0.2) is 52.7 Å². The summed E-state index contributed by atoms with van der Waals surface area (Å²) in [6.07, 6.45) is -0.506. The molecule has 0 saturated carbocycles. The number of urea groups is 1. The van der Waals surface area contributed by atoms with Gasteiger partial charge in [0.1, 0.15) is 0 Å². The molecule has 0 radical (unpaired) electrons. The van der Waals surface area contributed by atoms with Crippen LogP contribution >= 0.6 is 0 Å². The van der Waals surface area contributed by atoms with Crippen molar-refractivity contribution in [1.82, 2.24) is 10.2 Å². The Morgan fingerprint density at radius 3 is 2.06 bits per heavy atom. The van der Waals surface area contributed by atoms with Crippen molar-refractivity contribution in [2.45, 2.75) is 20.3 Å². The molecule has 0 spiro atoms. The van der Waals surface area contributed by atoms with Gasteiger partial charge in [0, 0.05) is 19.6 Å². The second-order valence-corrected chi connectivity index (χ2v) is 3.49. The fraction of sp³-hybridized carbons (Fsp3) is 0.700. The number of nitrogens with zero attached hydrogens (tertiary/aromatic N) is 1. The molecule has 0 aliphatic rings. The molecule has 2 amide bonds. The molecule has 0 rings (SSSR count). The highest BCUT2D eigenvalue weighted by molar-refractivity contribution is 5.79. The summed E-state index contributed by atoms with van der Waals surface area (Å²) in [5, 5.41) is 19.7. The van der Waals surface area contributed by atoms with Crippen LogP contribution in [0.25, 0.3) is 0 Å². The maximum absolute atomic E-state index is 11.5. The fourth-order valence-corrected chi connectivity index (χ4v) is 1.29. The smallest absolute Gasteiger partial charge is 0.317 e. The van der Waals surface area contributed by atoms with Crippen LogP contribution < -0.4 is 5.32 Å². The van der Waals surface area contributed by atoms with E-state index in [0.29, 0.717) is 13.1 Å². The van der Waals surface area contributed by atoms with E-state index >= 15 is 0 Å². The molecule has 0 aliphatic heterocycles. The van der Waals surface area contributed by atoms with Crippen LogP contribution in [0.4, 0.5) is 4.79 Å². The predicted molar refractivity (Wildman–Crippen MR) is 59.7 cm³/mol. The zero-order valence-electron chi connectivity index (χ0n) is 9.97. The summed E-state index contributed by atoms with van der Waals surface area (Å²) < 4.78 is 0. The number of aliphatic carboxylic acids is 2. The summed E-state index contributed by atoms with van der Waals surface area (Å²) >= 11 is 0. The van der Waals surface area contributed by atoms with E-state index in [0.717, 1.165) is 0 Å². The zero-order valence-corrected chi connectivity index (χ0v) is 9.97. The van der Waals surface area contributed by atoms with E-state index in [1.165, 1.54) is 4.90 Å². The van der Waals surface area contributed by atoms with Crippen molar-refractivity contribution >= 4 is 18.0 Å². The molecule has 0 fully saturated rings. The first-order chi connectivity index (χ1) is 7.92. The van der Waals surface area contributed by atoms with Crippen molar-refractivity contribution in [2.24, 2.45) is 5.92 Å². The van der Waals surface area contributed by atoms with Crippen LogP contribution in [0.5, 0.6) is 0 Å². The van der Waals surface area contributed by atoms with Crippen LogP contribution in [0.15, 0.2) is 0 Å². The highest BCUT2D eigenvalue weighted by atomic mass is 16.4. The van der Waals surface area contributed by atoms with Gasteiger partial charge in [0.25, 0.3) is 0 Å². The second kappa shape index (κ2) is 7.48. The fourth-order valence-electron chi connectivity index (χ4n) is 1.29. The van der Waals surface area contributed by atoms with Crippen molar-refractivity contribution in [3.63, 3.8) is 0 Å². The Morgan fingerprint density at radius 1 is 1.18 bits per heavy atom. The lowest BCUT2D eigenvalue weighted by atomic mass is 10.1. The van der Waals surface area contributed by atoms with E-state index in [2.05, 4.69) is 5.32 Å². The minimum atomic E-state index is -1.23. The molecule has 0 saturated heterocycles. The van der Waals surface area contributed by atoms with Crippen molar-refractivity contribution in [2.75, 3.05) is 19.6 Å². The molecular weight excluding hydrogens is 228 g/mol. The van der Waals surface area contributed by atoms with Gasteiger partial charge < -0.3 is 20.4 Å². The summed E-state index contributed by atoms with van der Waals surface area (Å²) in [6, 6.07) is -0.383. The number of hydrogen-bond donors (Lipinski definition) is 3. The van der Waals surface area contributed by atoms with Gasteiger partial charge in [-0.05, 0) is 13.8 Å². The maximum atomic E-state index is 11.5. The average Bonchev–Trinajstić information content (AvgIpc) is 2.25. The normalized spacial score (nSPS) is 11.6. The first kappa shape index (κ1) is 15.2. The lowest BCUT2D eigenvalue weighted by Crippen LogP contribution is -2.43. The third kappa shape index (κ3) is 5.74. The van der Waals surface area contributed by atoms with E-state index < -0.39 is 24.3 Å². The molecule has 0 aromatic rings. The molecule has 3 N–H and O–H groups in total. The molecule has 1 unspecified atom stereocenters. The Balaban J connectivity index is 4.25. The van der Waals surface area contributed by atoms with E-state index in [1.54, 1.807) is 13.8 Å². The number of rotatable bonds is 7. The van der Waals surface area contributed by atoms with E-state index in [4.69, 9.17) is 10.2 Å². The first-order valence-electron chi connectivity index (χ1n) is 5.39. The highest BCUT2D eigenvalue weighted by Crippen LogP contribution is 2.02. The topological polar surface area (TPSA) is 107 Å². The molecule has 98 valence electrons. The second-order valence-electron chi connectivity index (χ2n) is 3.49. The lowest BCUT2D eigenvalue weighted by molar-refractivity contribution is -0.148. The first-order valence-corrected chi connectivity index (χ1v) is 5.39. The number of carbonyl (C=O) groups excluding carboxylic acids is 1. The van der Waals surface area contributed by atoms with Crippen LogP contribution in [0.2, 0.25) is 0 Å². The number of carboxylic acids is 2. The van der Waals surface area contributed by atoms with Gasteiger partial charge in [-0.25, -0.2) is 4.79 Å². The number of amides is 2. The molecular formula is C10H18N2O5. The Hall–Kier alpha value is -1.79. The molecule has 17 heavy (non-hydrogen) atoms. The van der Waals surface area contributed by atoms with Crippen molar-refractivity contribution < 1.29 is 24.6 Å². The monoisotopic (exact) mass is 246 g/mol. The van der Waals surface area contributed by atoms with Gasteiger partial charge in [-0.2, -0.15) is 0 Å². The number of carbonyl (C=O) groups is 3. The molecule has 0 bridgehead atoms. The van der Waals surface area contributed by atoms with Gasteiger partial charge in [0.15, 0.2) is 0 Å². The standard InChI is InChI=1S/C10H18N2O5/c1-3-12(4-2)10(17)11-6-7(9(15)16)5-8(13)14/h7H,3-6H2,1-2H3,(H,11,17)(H,13,14)(H,15,16). The molecule has 0 heterocycles. The Labute approximate surface area is 99.4 Å². The minimum Gasteiger partial charge on any atom is -0.481 e. The van der Waals surface area contributed by atoms with Crippen molar-refractivity contribution in [3.05, 3.63) is 0 Å². The van der Waals surface area contributed by atoms with Crippen LogP contribution in [0.1, 0.15) is 20.3 Å². The van der Waals surface area contributed by atoms with E-state index in [-0.39, 0.29) is 12.6 Å². The van der Waals surface area contributed by atoms with Crippen LogP contribution in [0, 0.1) is 5.92 Å². The Morgan fingerprint density at radius 2 is 1.71 bits per heavy atom. The molecule has 7 nitrogen and oxygen atoms in total. The third-order valence-corrected chi connectivity index (χ3v) is 2.32. The van der Waals surface area contributed by atoms with Gasteiger partial charge in [0.05, 0.1) is 12.3 Å². The van der Waals surface area contributed by atoms with Crippen LogP contribution in [0.3, 0.4) is 0 Å². The molecule has 0 aliphatic carbocycles. The SMILES string of the molecule is CCN(CC)C(=O)NCC(CC(=O)O)C(=O)O. The molecule has 1 atom stereocenters. The maximum Gasteiger partial charge on any atom is 0.317 e. The summed E-state index contributed by atoms with van der Waals surface area (Å²) in [4.78, 5) is 34.1. The summed E-state index contributed by atoms with van der Waals surface area (Å²) in [6.45, 7) is 4.44. The van der Waals surface area contributed by atoms with E-state index in [9.17, 15) is 14.4 Å². The Bertz CT molecular complexity index is 288. The third-order valence-electron chi connectivity index (χ3n) is 2.32. The summed E-state index contributed by atoms with van der Waals surface area (Å²) in [7, 11) is 0. The van der Waals surface area contributed by atoms with Crippen LogP contribution in [-0.2, 0) is 9.59 Å². The quantitative estimate of drug-likeness (QED) is 0.595. The number of carboxylic acid groups (broad SMARTS) is 2. The summed E-state index contributed by atoms with van der Waals surface area (Å²) in [5.74, 6) is -3.53. The highest BCUT2D eigenvalue weighted by Gasteiger charge is 2.22. The average molecular weight is 246 g/mol. The number of hydrogen-bond acceptors (Lipinski definition) is 3. The summed E-state index contributed by atoms with van der Waals surface area (Å²) in [5.41, 5.74) is 0. The van der Waals surface area contributed by atoms with Crippen molar-refractivity contribution in [1.29, 1.82) is 0 Å². The zero-order chi connectivity index (χ0) is 13.4. The van der Waals surface area contributed by atoms with Gasteiger partial charge in [-0.1, -0.05) is 0 Å². The molecule has 0 aromatic heterocycles. The van der Waals surface area contributed by atoms with Gasteiger partial charge in [0.2, 0.25) is 0 Å². The molecule has 7 heteroatoms. The molecule has 0 aromatic carbocycles. The Kier molecular flexibility index (Phi) is 6.69. The number of nitrogens with one attached hydrogen (secondary N) is 1. The van der Waals surface area contributed by atoms with E-state index in [1.807, 2.05) is 0 Å². The largest absolute Gasteiger partial charge is 0.481 e. The lowest BCUT2D eigenvalue weighted by Gasteiger charge is -2.20.